The first-order valence-electron chi connectivity index (χ1n) is 9.20. The first kappa shape index (κ1) is 18.9. The van der Waals surface area contributed by atoms with Gasteiger partial charge in [-0.2, -0.15) is 0 Å². The summed E-state index contributed by atoms with van der Waals surface area (Å²) in [4.78, 5) is 33.3. The largest absolute Gasteiger partial charge is 0.326 e. The van der Waals surface area contributed by atoms with Crippen molar-refractivity contribution in [2.45, 2.75) is 33.1 Å². The molecular formula is C21H20ClN3O2S. The lowest BCUT2D eigenvalue weighted by Gasteiger charge is -2.17. The van der Waals surface area contributed by atoms with Gasteiger partial charge in [0.2, 0.25) is 5.91 Å². The number of hydrogen-bond donors (Lipinski definition) is 2. The van der Waals surface area contributed by atoms with Crippen LogP contribution < -0.4 is 10.9 Å². The molecule has 144 valence electrons. The summed E-state index contributed by atoms with van der Waals surface area (Å²) in [5, 5.41) is 3.81. The zero-order valence-electron chi connectivity index (χ0n) is 15.6. The van der Waals surface area contributed by atoms with Gasteiger partial charge >= 0.3 is 0 Å². The van der Waals surface area contributed by atoms with Crippen molar-refractivity contribution < 1.29 is 4.79 Å². The normalized spacial score (nSPS) is 16.8. The lowest BCUT2D eigenvalue weighted by molar-refractivity contribution is -0.114. The predicted octanol–water partition coefficient (Wildman–Crippen LogP) is 4.80. The van der Waals surface area contributed by atoms with Gasteiger partial charge in [-0.25, -0.2) is 4.98 Å². The van der Waals surface area contributed by atoms with Crippen LogP contribution in [0.3, 0.4) is 0 Å². The van der Waals surface area contributed by atoms with Crippen molar-refractivity contribution in [3.63, 3.8) is 0 Å². The fraction of sp³-hybridized carbons (Fsp3) is 0.286. The van der Waals surface area contributed by atoms with Gasteiger partial charge in [0.1, 0.15) is 4.83 Å². The molecule has 1 aliphatic carbocycles. The molecule has 0 saturated carbocycles. The number of aromatic nitrogens is 2. The Labute approximate surface area is 171 Å². The van der Waals surface area contributed by atoms with Crippen molar-refractivity contribution >= 4 is 55.9 Å². The smallest absolute Gasteiger partial charge is 0.260 e. The topological polar surface area (TPSA) is 74.8 Å². The molecule has 2 aromatic heterocycles. The highest BCUT2D eigenvalue weighted by molar-refractivity contribution is 7.18. The van der Waals surface area contributed by atoms with Crippen LogP contribution >= 0.6 is 22.9 Å². The van der Waals surface area contributed by atoms with E-state index in [0.717, 1.165) is 40.6 Å². The summed E-state index contributed by atoms with van der Waals surface area (Å²) in [6, 6.07) is 7.28. The minimum absolute atomic E-state index is 0.121. The summed E-state index contributed by atoms with van der Waals surface area (Å²) in [7, 11) is 0. The number of benzene rings is 1. The molecule has 1 aliphatic rings. The quantitative estimate of drug-likeness (QED) is 0.647. The van der Waals surface area contributed by atoms with E-state index in [1.807, 2.05) is 12.1 Å². The highest BCUT2D eigenvalue weighted by Gasteiger charge is 2.23. The summed E-state index contributed by atoms with van der Waals surface area (Å²) in [6.07, 6.45) is 4.80. The molecule has 0 bridgehead atoms. The van der Waals surface area contributed by atoms with Gasteiger partial charge in [-0.1, -0.05) is 30.7 Å². The summed E-state index contributed by atoms with van der Waals surface area (Å²) in [6.45, 7) is 3.71. The van der Waals surface area contributed by atoms with Crippen molar-refractivity contribution in [2.24, 2.45) is 5.92 Å². The van der Waals surface area contributed by atoms with Gasteiger partial charge in [-0.15, -0.1) is 11.3 Å². The molecule has 7 heteroatoms. The number of halogens is 1. The average molecular weight is 414 g/mol. The number of nitrogens with one attached hydrogen (secondary N) is 2. The second kappa shape index (κ2) is 7.53. The van der Waals surface area contributed by atoms with Crippen LogP contribution in [0.25, 0.3) is 21.3 Å². The summed E-state index contributed by atoms with van der Waals surface area (Å²) >= 11 is 8.06. The van der Waals surface area contributed by atoms with Crippen molar-refractivity contribution in [1.82, 2.24) is 9.97 Å². The number of hydrogen-bond acceptors (Lipinski definition) is 4. The number of aryl methyl sites for hydroxylation is 1. The number of anilines is 1. The SMILES string of the molecule is CC(=O)Nc1ccc(/C=C(\Cl)c2nc3sc4c(c3c(=O)[nH]2)CC[C@@H](C)C4)cc1. The van der Waals surface area contributed by atoms with Crippen LogP contribution in [-0.4, -0.2) is 15.9 Å². The molecule has 0 aliphatic heterocycles. The van der Waals surface area contributed by atoms with Crippen LogP contribution in [0, 0.1) is 5.92 Å². The Morgan fingerprint density at radius 3 is 2.82 bits per heavy atom. The monoisotopic (exact) mass is 413 g/mol. The second-order valence-electron chi connectivity index (χ2n) is 7.24. The van der Waals surface area contributed by atoms with Crippen molar-refractivity contribution in [3.8, 4) is 0 Å². The van der Waals surface area contributed by atoms with E-state index in [1.165, 1.54) is 11.8 Å². The van der Waals surface area contributed by atoms with Gasteiger partial charge in [0.25, 0.3) is 5.56 Å². The van der Waals surface area contributed by atoms with E-state index >= 15 is 0 Å². The third kappa shape index (κ3) is 3.75. The highest BCUT2D eigenvalue weighted by atomic mass is 35.5. The Morgan fingerprint density at radius 2 is 2.11 bits per heavy atom. The number of carbonyl (C=O) groups excluding carboxylic acids is 1. The van der Waals surface area contributed by atoms with Crippen LogP contribution in [0.1, 0.15) is 42.1 Å². The molecule has 4 rings (SSSR count). The number of aromatic amines is 1. The molecule has 0 radical (unpaired) electrons. The first-order chi connectivity index (χ1) is 13.4. The van der Waals surface area contributed by atoms with Gasteiger partial charge in [0, 0.05) is 17.5 Å². The molecule has 28 heavy (non-hydrogen) atoms. The molecule has 3 aromatic rings. The molecule has 1 amide bonds. The number of fused-ring (bicyclic) bond motifs is 3. The molecule has 0 saturated heterocycles. The number of nitrogens with zero attached hydrogens (tertiary/aromatic N) is 1. The number of H-pyrrole nitrogens is 1. The number of carbonyl (C=O) groups is 1. The molecule has 5 nitrogen and oxygen atoms in total. The molecule has 2 N–H and O–H groups in total. The van der Waals surface area contributed by atoms with E-state index in [2.05, 4.69) is 22.2 Å². The maximum absolute atomic E-state index is 12.7. The summed E-state index contributed by atoms with van der Waals surface area (Å²) < 4.78 is 0. The highest BCUT2D eigenvalue weighted by Crippen LogP contribution is 2.36. The van der Waals surface area contributed by atoms with Gasteiger partial charge in [-0.05, 0) is 54.5 Å². The number of rotatable bonds is 3. The second-order valence-corrected chi connectivity index (χ2v) is 8.73. The van der Waals surface area contributed by atoms with Gasteiger partial charge in [0.05, 0.1) is 10.4 Å². The molecule has 0 spiro atoms. The van der Waals surface area contributed by atoms with E-state index in [1.54, 1.807) is 29.5 Å². The van der Waals surface area contributed by atoms with E-state index < -0.39 is 0 Å². The predicted molar refractivity (Wildman–Crippen MR) is 116 cm³/mol. The Balaban J connectivity index is 1.67. The minimum Gasteiger partial charge on any atom is -0.326 e. The van der Waals surface area contributed by atoms with E-state index in [4.69, 9.17) is 11.6 Å². The molecule has 0 unspecified atom stereocenters. The molecular weight excluding hydrogens is 394 g/mol. The molecule has 2 heterocycles. The van der Waals surface area contributed by atoms with Crippen LogP contribution in [-0.2, 0) is 17.6 Å². The first-order valence-corrected chi connectivity index (χ1v) is 10.4. The Kier molecular flexibility index (Phi) is 5.08. The van der Waals surface area contributed by atoms with E-state index in [-0.39, 0.29) is 11.5 Å². The maximum atomic E-state index is 12.7. The lowest BCUT2D eigenvalue weighted by atomic mass is 9.89. The van der Waals surface area contributed by atoms with Crippen molar-refractivity contribution in [2.75, 3.05) is 5.32 Å². The fourth-order valence-corrected chi connectivity index (χ4v) is 5.14. The fourth-order valence-electron chi connectivity index (χ4n) is 3.54. The van der Waals surface area contributed by atoms with Crippen LogP contribution in [0.15, 0.2) is 29.1 Å². The number of thiophene rings is 1. The summed E-state index contributed by atoms with van der Waals surface area (Å²) in [5.41, 5.74) is 2.60. The van der Waals surface area contributed by atoms with Gasteiger partial charge in [-0.3, -0.25) is 9.59 Å². The van der Waals surface area contributed by atoms with Crippen molar-refractivity contribution in [3.05, 3.63) is 56.4 Å². The average Bonchev–Trinajstić information content (AvgIpc) is 3.00. The number of amides is 1. The standard InChI is InChI=1S/C21H20ClN3O2S/c1-11-3-8-15-17(9-11)28-21-18(15)20(27)24-19(25-21)16(22)10-13-4-6-14(7-5-13)23-12(2)26/h4-7,10-11H,3,8-9H2,1-2H3,(H,23,26)(H,24,25,27)/b16-10-/t11-/m1/s1. The molecule has 1 aromatic carbocycles. The molecule has 0 fully saturated rings. The zero-order chi connectivity index (χ0) is 19.8. The third-order valence-corrected chi connectivity index (χ3v) is 6.35. The zero-order valence-corrected chi connectivity index (χ0v) is 17.2. The molecule has 1 atom stereocenters. The van der Waals surface area contributed by atoms with Gasteiger partial charge in [0.15, 0.2) is 5.82 Å². The van der Waals surface area contributed by atoms with Gasteiger partial charge < -0.3 is 10.3 Å². The summed E-state index contributed by atoms with van der Waals surface area (Å²) in [5.74, 6) is 0.893. The maximum Gasteiger partial charge on any atom is 0.260 e. The van der Waals surface area contributed by atoms with Crippen LogP contribution in [0.4, 0.5) is 5.69 Å². The Bertz CT molecular complexity index is 1140. The Morgan fingerprint density at radius 1 is 1.36 bits per heavy atom. The van der Waals surface area contributed by atoms with E-state index in [0.29, 0.717) is 22.5 Å². The van der Waals surface area contributed by atoms with E-state index in [9.17, 15) is 9.59 Å². The van der Waals surface area contributed by atoms with Crippen molar-refractivity contribution in [1.29, 1.82) is 0 Å². The lowest BCUT2D eigenvalue weighted by Crippen LogP contribution is -2.14. The third-order valence-electron chi connectivity index (χ3n) is 4.92. The minimum atomic E-state index is -0.125. The van der Waals surface area contributed by atoms with Crippen LogP contribution in [0.2, 0.25) is 0 Å². The van der Waals surface area contributed by atoms with Crippen LogP contribution in [0.5, 0.6) is 0 Å². The Hall–Kier alpha value is -2.44.